The van der Waals surface area contributed by atoms with Crippen molar-refractivity contribution in [2.24, 2.45) is 7.05 Å². The molecule has 1 aliphatic rings. The van der Waals surface area contributed by atoms with E-state index in [-0.39, 0.29) is 11.8 Å². The standard InChI is InChI=1S/C18H23N7O2/c1-12-9-15(22-27-12)18(26)25-7-4-5-14(10-25)17-21-20-16(23(17)3)11-24-8-6-19-13(24)2/h6,8-9,14H,4-5,7,10-11H2,1-3H3/t14-/m0/s1. The molecule has 0 unspecified atom stereocenters. The lowest BCUT2D eigenvalue weighted by Gasteiger charge is -2.31. The van der Waals surface area contributed by atoms with Gasteiger partial charge in [-0.05, 0) is 26.7 Å². The molecule has 1 amide bonds. The van der Waals surface area contributed by atoms with Crippen LogP contribution >= 0.6 is 0 Å². The maximum Gasteiger partial charge on any atom is 0.276 e. The Morgan fingerprint density at radius 1 is 1.33 bits per heavy atom. The number of rotatable bonds is 4. The minimum atomic E-state index is -0.0898. The zero-order valence-corrected chi connectivity index (χ0v) is 15.8. The van der Waals surface area contributed by atoms with Crippen LogP contribution in [0.1, 0.15) is 52.5 Å². The summed E-state index contributed by atoms with van der Waals surface area (Å²) in [6.45, 7) is 5.71. The average Bonchev–Trinajstić information content (AvgIpc) is 3.37. The van der Waals surface area contributed by atoms with Crippen molar-refractivity contribution in [3.8, 4) is 0 Å². The lowest BCUT2D eigenvalue weighted by atomic mass is 9.97. The molecule has 0 aromatic carbocycles. The maximum absolute atomic E-state index is 12.7. The topological polar surface area (TPSA) is 94.9 Å². The third-order valence-electron chi connectivity index (χ3n) is 5.15. The normalized spacial score (nSPS) is 17.4. The van der Waals surface area contributed by atoms with Crippen LogP contribution in [0.3, 0.4) is 0 Å². The van der Waals surface area contributed by atoms with Gasteiger partial charge >= 0.3 is 0 Å². The molecule has 0 spiro atoms. The van der Waals surface area contributed by atoms with E-state index in [4.69, 9.17) is 4.52 Å². The Labute approximate surface area is 157 Å². The van der Waals surface area contributed by atoms with Gasteiger partial charge in [0.1, 0.15) is 17.4 Å². The Hall–Kier alpha value is -2.97. The second kappa shape index (κ2) is 6.98. The fourth-order valence-corrected chi connectivity index (χ4v) is 3.59. The van der Waals surface area contributed by atoms with Crippen LogP contribution in [0.4, 0.5) is 0 Å². The summed E-state index contributed by atoms with van der Waals surface area (Å²) in [4.78, 5) is 18.8. The molecule has 3 aromatic heterocycles. The molecule has 9 nitrogen and oxygen atoms in total. The number of aryl methyl sites for hydroxylation is 2. The number of carbonyl (C=O) groups excluding carboxylic acids is 1. The van der Waals surface area contributed by atoms with Crippen molar-refractivity contribution in [3.63, 3.8) is 0 Å². The second-order valence-corrected chi connectivity index (χ2v) is 7.05. The molecule has 1 fully saturated rings. The summed E-state index contributed by atoms with van der Waals surface area (Å²) >= 11 is 0. The van der Waals surface area contributed by atoms with E-state index >= 15 is 0 Å². The SMILES string of the molecule is Cc1cc(C(=O)N2CCC[C@H](c3nnc(Cn4ccnc4C)n3C)C2)no1. The van der Waals surface area contributed by atoms with E-state index < -0.39 is 0 Å². The van der Waals surface area contributed by atoms with Crippen LogP contribution in [0.25, 0.3) is 0 Å². The van der Waals surface area contributed by atoms with Gasteiger partial charge in [-0.1, -0.05) is 5.16 Å². The van der Waals surface area contributed by atoms with Gasteiger partial charge in [-0.2, -0.15) is 0 Å². The smallest absolute Gasteiger partial charge is 0.276 e. The van der Waals surface area contributed by atoms with Crippen LogP contribution in [0.2, 0.25) is 0 Å². The van der Waals surface area contributed by atoms with Crippen molar-refractivity contribution >= 4 is 5.91 Å². The summed E-state index contributed by atoms with van der Waals surface area (Å²) in [5.41, 5.74) is 0.363. The Morgan fingerprint density at radius 3 is 2.89 bits per heavy atom. The summed E-state index contributed by atoms with van der Waals surface area (Å²) in [6.07, 6.45) is 5.63. The summed E-state index contributed by atoms with van der Waals surface area (Å²) < 4.78 is 9.12. The van der Waals surface area contributed by atoms with Crippen molar-refractivity contribution in [3.05, 3.63) is 47.4 Å². The molecule has 1 atom stereocenters. The predicted molar refractivity (Wildman–Crippen MR) is 96.2 cm³/mol. The predicted octanol–water partition coefficient (Wildman–Crippen LogP) is 1.68. The number of piperidine rings is 1. The second-order valence-electron chi connectivity index (χ2n) is 7.05. The summed E-state index contributed by atoms with van der Waals surface area (Å²) in [5, 5.41) is 12.7. The van der Waals surface area contributed by atoms with Crippen molar-refractivity contribution in [1.29, 1.82) is 0 Å². The maximum atomic E-state index is 12.7. The first-order valence-electron chi connectivity index (χ1n) is 9.11. The number of imidazole rings is 1. The molecule has 3 aromatic rings. The fourth-order valence-electron chi connectivity index (χ4n) is 3.59. The van der Waals surface area contributed by atoms with Gasteiger partial charge in [0.2, 0.25) is 0 Å². The molecule has 0 aliphatic carbocycles. The van der Waals surface area contributed by atoms with Gasteiger partial charge in [0.05, 0.1) is 6.54 Å². The summed E-state index contributed by atoms with van der Waals surface area (Å²) in [5.74, 6) is 3.44. The number of nitrogens with zero attached hydrogens (tertiary/aromatic N) is 7. The molecule has 4 rings (SSSR count). The Balaban J connectivity index is 1.50. The van der Waals surface area contributed by atoms with E-state index in [9.17, 15) is 4.79 Å². The minimum Gasteiger partial charge on any atom is -0.361 e. The van der Waals surface area contributed by atoms with E-state index in [1.165, 1.54) is 0 Å². The van der Waals surface area contributed by atoms with Crippen LogP contribution in [-0.4, -0.2) is 53.4 Å². The monoisotopic (exact) mass is 369 g/mol. The van der Waals surface area contributed by atoms with Crippen LogP contribution in [0.5, 0.6) is 0 Å². The first-order chi connectivity index (χ1) is 13.0. The van der Waals surface area contributed by atoms with E-state index in [1.807, 2.05) is 34.2 Å². The van der Waals surface area contributed by atoms with Gasteiger partial charge in [-0.15, -0.1) is 10.2 Å². The number of hydrogen-bond acceptors (Lipinski definition) is 6. The molecule has 1 saturated heterocycles. The number of carbonyl (C=O) groups is 1. The van der Waals surface area contributed by atoms with Gasteiger partial charge in [-0.25, -0.2) is 4.98 Å². The van der Waals surface area contributed by atoms with Crippen molar-refractivity contribution < 1.29 is 9.32 Å². The third-order valence-corrected chi connectivity index (χ3v) is 5.15. The summed E-state index contributed by atoms with van der Waals surface area (Å²) in [6, 6.07) is 1.68. The lowest BCUT2D eigenvalue weighted by molar-refractivity contribution is 0.0693. The largest absolute Gasteiger partial charge is 0.361 e. The van der Waals surface area contributed by atoms with Crippen molar-refractivity contribution in [2.75, 3.05) is 13.1 Å². The van der Waals surface area contributed by atoms with E-state index in [1.54, 1.807) is 19.2 Å². The molecule has 4 heterocycles. The minimum absolute atomic E-state index is 0.0898. The van der Waals surface area contributed by atoms with E-state index in [0.717, 1.165) is 36.9 Å². The molecule has 9 heteroatoms. The zero-order chi connectivity index (χ0) is 19.0. The average molecular weight is 369 g/mol. The Kier molecular flexibility index (Phi) is 4.51. The highest BCUT2D eigenvalue weighted by molar-refractivity contribution is 5.92. The van der Waals surface area contributed by atoms with Crippen LogP contribution in [-0.2, 0) is 13.6 Å². The first-order valence-corrected chi connectivity index (χ1v) is 9.11. The molecule has 1 aliphatic heterocycles. The third kappa shape index (κ3) is 3.36. The van der Waals surface area contributed by atoms with Crippen LogP contribution < -0.4 is 0 Å². The van der Waals surface area contributed by atoms with Crippen LogP contribution in [0.15, 0.2) is 23.0 Å². The highest BCUT2D eigenvalue weighted by atomic mass is 16.5. The summed E-state index contributed by atoms with van der Waals surface area (Å²) in [7, 11) is 1.98. The van der Waals surface area contributed by atoms with E-state index in [2.05, 4.69) is 20.3 Å². The van der Waals surface area contributed by atoms with Gasteiger partial charge < -0.3 is 18.6 Å². The van der Waals surface area contributed by atoms with E-state index in [0.29, 0.717) is 24.5 Å². The van der Waals surface area contributed by atoms with Gasteiger partial charge in [0.15, 0.2) is 11.5 Å². The molecule has 0 saturated carbocycles. The van der Waals surface area contributed by atoms with Gasteiger partial charge in [0.25, 0.3) is 5.91 Å². The first kappa shape index (κ1) is 17.4. The van der Waals surface area contributed by atoms with Gasteiger partial charge in [0, 0.05) is 44.5 Å². The van der Waals surface area contributed by atoms with Gasteiger partial charge in [-0.3, -0.25) is 4.79 Å². The lowest BCUT2D eigenvalue weighted by Crippen LogP contribution is -2.39. The quantitative estimate of drug-likeness (QED) is 0.694. The fraction of sp³-hybridized carbons (Fsp3) is 0.500. The molecule has 142 valence electrons. The Morgan fingerprint density at radius 2 is 2.19 bits per heavy atom. The number of hydrogen-bond donors (Lipinski definition) is 0. The molecule has 0 bridgehead atoms. The number of aromatic nitrogens is 6. The molecular formula is C18H23N7O2. The van der Waals surface area contributed by atoms with Crippen LogP contribution in [0, 0.1) is 13.8 Å². The van der Waals surface area contributed by atoms with Crippen molar-refractivity contribution in [2.45, 2.75) is 39.2 Å². The molecule has 27 heavy (non-hydrogen) atoms. The molecule has 0 N–H and O–H groups in total. The molecule has 0 radical (unpaired) electrons. The number of likely N-dealkylation sites (tertiary alicyclic amines) is 1. The zero-order valence-electron chi connectivity index (χ0n) is 15.8. The number of amides is 1. The Bertz CT molecular complexity index is 955. The highest BCUT2D eigenvalue weighted by Crippen LogP contribution is 2.27. The highest BCUT2D eigenvalue weighted by Gasteiger charge is 2.30. The molecular weight excluding hydrogens is 346 g/mol. The van der Waals surface area contributed by atoms with Crippen molar-refractivity contribution in [1.82, 2.24) is 34.4 Å².